The molecule has 1 saturated carbocycles. The number of ether oxygens (including phenoxy) is 1. The zero-order valence-corrected chi connectivity index (χ0v) is 13.3. The topological polar surface area (TPSA) is 64.3 Å². The van der Waals surface area contributed by atoms with Gasteiger partial charge in [0.25, 0.3) is 5.91 Å². The average molecular weight is 353 g/mol. The molecule has 0 radical (unpaired) electrons. The molecular formula is C15H20ClF3N2O2. The van der Waals surface area contributed by atoms with Crippen LogP contribution in [0.25, 0.3) is 0 Å². The summed E-state index contributed by atoms with van der Waals surface area (Å²) in [6.07, 6.45) is -1.08. The molecule has 2 rings (SSSR count). The Bertz CT molecular complexity index is 518. The van der Waals surface area contributed by atoms with Crippen molar-refractivity contribution in [1.29, 1.82) is 0 Å². The zero-order valence-electron chi connectivity index (χ0n) is 12.4. The van der Waals surface area contributed by atoms with Gasteiger partial charge in [-0.3, -0.25) is 4.79 Å². The lowest BCUT2D eigenvalue weighted by Crippen LogP contribution is -2.42. The molecule has 3 N–H and O–H groups in total. The predicted octanol–water partition coefficient (Wildman–Crippen LogP) is 2.89. The molecule has 130 valence electrons. The fourth-order valence-corrected chi connectivity index (χ4v) is 2.44. The summed E-state index contributed by atoms with van der Waals surface area (Å²) in [7, 11) is 0. The van der Waals surface area contributed by atoms with Gasteiger partial charge in [0.15, 0.2) is 6.61 Å². The molecule has 0 aromatic heterocycles. The molecule has 23 heavy (non-hydrogen) atoms. The molecule has 1 aromatic carbocycles. The van der Waals surface area contributed by atoms with Gasteiger partial charge >= 0.3 is 6.18 Å². The Morgan fingerprint density at radius 3 is 2.52 bits per heavy atom. The first-order valence-electron chi connectivity index (χ1n) is 7.19. The van der Waals surface area contributed by atoms with E-state index in [-0.39, 0.29) is 42.8 Å². The molecule has 1 amide bonds. The number of carbonyl (C=O) groups excluding carboxylic acids is 1. The average Bonchev–Trinajstić information content (AvgIpc) is 2.47. The van der Waals surface area contributed by atoms with E-state index in [1.165, 1.54) is 12.1 Å². The van der Waals surface area contributed by atoms with Crippen LogP contribution in [0.4, 0.5) is 13.2 Å². The molecule has 0 atom stereocenters. The molecule has 0 aliphatic heterocycles. The van der Waals surface area contributed by atoms with Crippen molar-refractivity contribution in [3.05, 3.63) is 29.8 Å². The molecular weight excluding hydrogens is 333 g/mol. The van der Waals surface area contributed by atoms with Gasteiger partial charge in [0.1, 0.15) is 5.75 Å². The summed E-state index contributed by atoms with van der Waals surface area (Å²) in [5.74, 6) is -0.312. The van der Waals surface area contributed by atoms with Gasteiger partial charge in [-0.2, -0.15) is 13.2 Å². The van der Waals surface area contributed by atoms with Crippen molar-refractivity contribution in [2.75, 3.05) is 6.61 Å². The van der Waals surface area contributed by atoms with E-state index in [2.05, 4.69) is 5.32 Å². The minimum atomic E-state index is -4.43. The highest BCUT2D eigenvalue weighted by molar-refractivity contribution is 5.85. The van der Waals surface area contributed by atoms with E-state index in [1.54, 1.807) is 0 Å². The van der Waals surface area contributed by atoms with E-state index in [1.807, 2.05) is 0 Å². The van der Waals surface area contributed by atoms with Gasteiger partial charge in [0.05, 0.1) is 5.56 Å². The van der Waals surface area contributed by atoms with Crippen molar-refractivity contribution >= 4 is 18.3 Å². The maximum absolute atomic E-state index is 12.6. The second kappa shape index (κ2) is 8.40. The number of nitrogens with two attached hydrogens (primary N) is 1. The number of hydrogen-bond acceptors (Lipinski definition) is 3. The van der Waals surface area contributed by atoms with Crippen LogP contribution >= 0.6 is 12.4 Å². The Morgan fingerprint density at radius 1 is 1.26 bits per heavy atom. The third kappa shape index (κ3) is 6.27. The maximum atomic E-state index is 12.6. The van der Waals surface area contributed by atoms with E-state index in [0.717, 1.165) is 37.8 Å². The Kier molecular flexibility index (Phi) is 7.15. The zero-order chi connectivity index (χ0) is 16.2. The number of rotatable bonds is 4. The fourth-order valence-electron chi connectivity index (χ4n) is 2.44. The lowest BCUT2D eigenvalue weighted by Gasteiger charge is -2.26. The summed E-state index contributed by atoms with van der Waals surface area (Å²) in [6.45, 7) is -0.302. The van der Waals surface area contributed by atoms with Crippen LogP contribution in [-0.4, -0.2) is 24.6 Å². The van der Waals surface area contributed by atoms with Gasteiger partial charge < -0.3 is 15.8 Å². The van der Waals surface area contributed by atoms with Crippen LogP contribution in [-0.2, 0) is 11.0 Å². The van der Waals surface area contributed by atoms with Crippen molar-refractivity contribution in [2.24, 2.45) is 5.73 Å². The largest absolute Gasteiger partial charge is 0.484 e. The van der Waals surface area contributed by atoms with Gasteiger partial charge in [0, 0.05) is 12.1 Å². The van der Waals surface area contributed by atoms with Crippen molar-refractivity contribution in [3.8, 4) is 5.75 Å². The number of alkyl halides is 3. The highest BCUT2D eigenvalue weighted by atomic mass is 35.5. The molecule has 0 unspecified atom stereocenters. The standard InChI is InChI=1S/C15H19F3N2O2.ClH/c16-15(17,18)10-2-1-3-13(8-10)22-9-14(21)20-12-6-4-11(19)5-7-12;/h1-3,8,11-12H,4-7,9,19H2,(H,20,21);1H. The van der Waals surface area contributed by atoms with Crippen molar-refractivity contribution < 1.29 is 22.7 Å². The summed E-state index contributed by atoms with van der Waals surface area (Å²) in [6, 6.07) is 4.73. The Balaban J connectivity index is 0.00000264. The van der Waals surface area contributed by atoms with Crippen LogP contribution < -0.4 is 15.8 Å². The molecule has 1 aliphatic rings. The van der Waals surface area contributed by atoms with Crippen molar-refractivity contribution in [2.45, 2.75) is 43.9 Å². The maximum Gasteiger partial charge on any atom is 0.416 e. The minimum Gasteiger partial charge on any atom is -0.484 e. The molecule has 1 aromatic rings. The second-order valence-corrected chi connectivity index (χ2v) is 5.49. The van der Waals surface area contributed by atoms with Gasteiger partial charge in [0.2, 0.25) is 0 Å². The first-order valence-corrected chi connectivity index (χ1v) is 7.19. The summed E-state index contributed by atoms with van der Waals surface area (Å²) < 4.78 is 42.8. The molecule has 1 fully saturated rings. The fraction of sp³-hybridized carbons (Fsp3) is 0.533. The normalized spacial score (nSPS) is 21.2. The highest BCUT2D eigenvalue weighted by Crippen LogP contribution is 2.31. The van der Waals surface area contributed by atoms with Crippen LogP contribution in [0.5, 0.6) is 5.75 Å². The molecule has 0 saturated heterocycles. The third-order valence-corrected chi connectivity index (χ3v) is 3.67. The number of amides is 1. The Labute approximate surface area is 139 Å². The van der Waals surface area contributed by atoms with Crippen molar-refractivity contribution in [1.82, 2.24) is 5.32 Å². The first kappa shape index (κ1) is 19.6. The Morgan fingerprint density at radius 2 is 1.91 bits per heavy atom. The quantitative estimate of drug-likeness (QED) is 0.875. The van der Waals surface area contributed by atoms with Crippen LogP contribution in [0, 0.1) is 0 Å². The van der Waals surface area contributed by atoms with Gasteiger partial charge in [-0.05, 0) is 43.9 Å². The van der Waals surface area contributed by atoms with Crippen LogP contribution in [0.2, 0.25) is 0 Å². The molecule has 0 spiro atoms. The monoisotopic (exact) mass is 352 g/mol. The molecule has 1 aliphatic carbocycles. The molecule has 0 bridgehead atoms. The molecule has 4 nitrogen and oxygen atoms in total. The Hall–Kier alpha value is -1.47. The number of hydrogen-bond donors (Lipinski definition) is 2. The second-order valence-electron chi connectivity index (χ2n) is 5.49. The van der Waals surface area contributed by atoms with Crippen LogP contribution in [0.1, 0.15) is 31.2 Å². The van der Waals surface area contributed by atoms with E-state index in [0.29, 0.717) is 0 Å². The summed E-state index contributed by atoms with van der Waals surface area (Å²) in [5, 5.41) is 2.81. The first-order chi connectivity index (χ1) is 10.3. The van der Waals surface area contributed by atoms with Gasteiger partial charge in [-0.1, -0.05) is 6.07 Å². The number of halogens is 4. The SMILES string of the molecule is Cl.NC1CCC(NC(=O)COc2cccc(C(F)(F)F)c2)CC1. The van der Waals surface area contributed by atoms with E-state index < -0.39 is 11.7 Å². The van der Waals surface area contributed by atoms with E-state index in [4.69, 9.17) is 10.5 Å². The summed E-state index contributed by atoms with van der Waals surface area (Å²) >= 11 is 0. The lowest BCUT2D eigenvalue weighted by molar-refractivity contribution is -0.137. The smallest absolute Gasteiger partial charge is 0.416 e. The summed E-state index contributed by atoms with van der Waals surface area (Å²) in [5.41, 5.74) is 4.98. The molecule has 8 heteroatoms. The third-order valence-electron chi connectivity index (χ3n) is 3.67. The van der Waals surface area contributed by atoms with Crippen molar-refractivity contribution in [3.63, 3.8) is 0 Å². The molecule has 0 heterocycles. The number of carbonyl (C=O) groups is 1. The van der Waals surface area contributed by atoms with Crippen LogP contribution in [0.15, 0.2) is 24.3 Å². The lowest BCUT2D eigenvalue weighted by atomic mass is 9.92. The number of nitrogens with one attached hydrogen (secondary N) is 1. The van der Waals surface area contributed by atoms with Gasteiger partial charge in [-0.25, -0.2) is 0 Å². The number of benzene rings is 1. The van der Waals surface area contributed by atoms with E-state index >= 15 is 0 Å². The minimum absolute atomic E-state index is 0. The predicted molar refractivity (Wildman–Crippen MR) is 82.6 cm³/mol. The highest BCUT2D eigenvalue weighted by Gasteiger charge is 2.30. The van der Waals surface area contributed by atoms with E-state index in [9.17, 15) is 18.0 Å². The summed E-state index contributed by atoms with van der Waals surface area (Å²) in [4.78, 5) is 11.8. The van der Waals surface area contributed by atoms with Gasteiger partial charge in [-0.15, -0.1) is 12.4 Å². The van der Waals surface area contributed by atoms with Crippen LogP contribution in [0.3, 0.4) is 0 Å².